The van der Waals surface area contributed by atoms with Crippen molar-refractivity contribution in [1.29, 1.82) is 0 Å². The highest BCUT2D eigenvalue weighted by Gasteiger charge is 2.17. The molecule has 6 heteroatoms. The Hall–Kier alpha value is -2.44. The molecule has 0 atom stereocenters. The highest BCUT2D eigenvalue weighted by Crippen LogP contribution is 2.25. The number of hydrogen-bond donors (Lipinski definition) is 0. The van der Waals surface area contributed by atoms with E-state index in [1.54, 1.807) is 0 Å². The summed E-state index contributed by atoms with van der Waals surface area (Å²) in [6, 6.07) is 16.8. The number of aryl methyl sites for hydroxylation is 1. The Morgan fingerprint density at radius 3 is 2.22 bits per heavy atom. The Morgan fingerprint density at radius 1 is 0.938 bits per heavy atom. The lowest BCUT2D eigenvalue weighted by atomic mass is 9.87. The molecule has 0 bridgehead atoms. The van der Waals surface area contributed by atoms with E-state index in [4.69, 9.17) is 22.1 Å². The fourth-order valence-electron chi connectivity index (χ4n) is 4.08. The fraction of sp³-hybridized carbons (Fsp3) is 0.462. The molecule has 0 spiro atoms. The summed E-state index contributed by atoms with van der Waals surface area (Å²) in [6.45, 7) is 12.0. The maximum atomic E-state index is 6.15. The first-order valence-electron chi connectivity index (χ1n) is 11.5. The number of nitrogens with zero attached hydrogens (tertiary/aromatic N) is 4. The maximum absolute atomic E-state index is 6.15. The van der Waals surface area contributed by atoms with Crippen LogP contribution in [0.2, 0.25) is 0 Å². The van der Waals surface area contributed by atoms with Gasteiger partial charge in [0.25, 0.3) is 0 Å². The van der Waals surface area contributed by atoms with Crippen LogP contribution >= 0.6 is 12.2 Å². The summed E-state index contributed by atoms with van der Waals surface area (Å²) in [5, 5.41) is 4.88. The molecule has 0 amide bonds. The predicted octanol–water partition coefficient (Wildman–Crippen LogP) is 6.03. The average Bonchev–Trinajstić information content (AvgIpc) is 3.08. The van der Waals surface area contributed by atoms with Crippen LogP contribution in [0.4, 0.5) is 0 Å². The molecule has 2 heterocycles. The molecule has 170 valence electrons. The second-order valence-electron chi connectivity index (χ2n) is 9.75. The number of benzene rings is 2. The zero-order valence-electron chi connectivity index (χ0n) is 19.7. The molecule has 0 radical (unpaired) electrons. The zero-order valence-corrected chi connectivity index (χ0v) is 20.5. The Morgan fingerprint density at radius 2 is 1.59 bits per heavy atom. The molecule has 1 saturated heterocycles. The summed E-state index contributed by atoms with van der Waals surface area (Å²) < 4.78 is 10.8. The van der Waals surface area contributed by atoms with Gasteiger partial charge in [-0.2, -0.15) is 5.10 Å². The number of aromatic nitrogens is 3. The maximum Gasteiger partial charge on any atom is 0.203 e. The van der Waals surface area contributed by atoms with E-state index in [0.717, 1.165) is 37.0 Å². The van der Waals surface area contributed by atoms with Crippen molar-refractivity contribution < 1.29 is 4.74 Å². The molecule has 5 nitrogen and oxygen atoms in total. The first-order chi connectivity index (χ1) is 15.3. The quantitative estimate of drug-likeness (QED) is 0.430. The standard InChI is InChI=1S/C26H34N4OS/c1-20-8-12-22(13-9-20)30-24(18-31-23-14-10-21(11-15-23)26(2,3)4)27-29(25(30)32)19-28-16-6-5-7-17-28/h8-15H,5-7,16-19H2,1-4H3. The molecule has 3 aromatic rings. The second-order valence-corrected chi connectivity index (χ2v) is 10.1. The van der Waals surface area contributed by atoms with E-state index in [2.05, 4.69) is 69.0 Å². The minimum absolute atomic E-state index is 0.122. The van der Waals surface area contributed by atoms with Crippen LogP contribution in [0, 0.1) is 11.7 Å². The van der Waals surface area contributed by atoms with Crippen LogP contribution in [-0.4, -0.2) is 32.3 Å². The van der Waals surface area contributed by atoms with Crippen LogP contribution < -0.4 is 4.74 Å². The van der Waals surface area contributed by atoms with E-state index >= 15 is 0 Å². The lowest BCUT2D eigenvalue weighted by Crippen LogP contribution is -2.32. The van der Waals surface area contributed by atoms with Gasteiger partial charge in [-0.15, -0.1) is 0 Å². The minimum Gasteiger partial charge on any atom is -0.486 e. The smallest absolute Gasteiger partial charge is 0.203 e. The second kappa shape index (κ2) is 9.59. The Kier molecular flexibility index (Phi) is 6.82. The molecule has 1 aromatic heterocycles. The van der Waals surface area contributed by atoms with Crippen molar-refractivity contribution in [1.82, 2.24) is 19.2 Å². The SMILES string of the molecule is Cc1ccc(-n2c(COc3ccc(C(C)(C)C)cc3)nn(CN3CCCCC3)c2=S)cc1. The molecule has 2 aromatic carbocycles. The van der Waals surface area contributed by atoms with Gasteiger partial charge in [0.2, 0.25) is 4.77 Å². The van der Waals surface area contributed by atoms with Crippen molar-refractivity contribution in [2.24, 2.45) is 0 Å². The molecule has 4 rings (SSSR count). The number of ether oxygens (including phenoxy) is 1. The predicted molar refractivity (Wildman–Crippen MR) is 132 cm³/mol. The largest absolute Gasteiger partial charge is 0.486 e. The van der Waals surface area contributed by atoms with Crippen LogP contribution in [0.5, 0.6) is 5.75 Å². The van der Waals surface area contributed by atoms with E-state index in [1.165, 1.54) is 30.4 Å². The fourth-order valence-corrected chi connectivity index (χ4v) is 4.39. The molecular formula is C26H34N4OS. The van der Waals surface area contributed by atoms with Crippen LogP contribution in [-0.2, 0) is 18.7 Å². The van der Waals surface area contributed by atoms with Crippen molar-refractivity contribution in [2.75, 3.05) is 13.1 Å². The summed E-state index contributed by atoms with van der Waals surface area (Å²) in [5.74, 6) is 1.65. The monoisotopic (exact) mass is 450 g/mol. The van der Waals surface area contributed by atoms with Crippen molar-refractivity contribution >= 4 is 12.2 Å². The van der Waals surface area contributed by atoms with Gasteiger partial charge in [0, 0.05) is 5.69 Å². The van der Waals surface area contributed by atoms with Crippen molar-refractivity contribution in [3.8, 4) is 11.4 Å². The summed E-state index contributed by atoms with van der Waals surface area (Å²) >= 11 is 5.87. The Balaban J connectivity index is 1.59. The highest BCUT2D eigenvalue weighted by molar-refractivity contribution is 7.71. The van der Waals surface area contributed by atoms with Crippen LogP contribution in [0.15, 0.2) is 48.5 Å². The van der Waals surface area contributed by atoms with E-state index < -0.39 is 0 Å². The highest BCUT2D eigenvalue weighted by atomic mass is 32.1. The van der Waals surface area contributed by atoms with Gasteiger partial charge in [0.15, 0.2) is 5.82 Å². The molecule has 32 heavy (non-hydrogen) atoms. The summed E-state index contributed by atoms with van der Waals surface area (Å²) in [4.78, 5) is 2.43. The van der Waals surface area contributed by atoms with Gasteiger partial charge in [0.1, 0.15) is 12.4 Å². The molecule has 1 fully saturated rings. The number of likely N-dealkylation sites (tertiary alicyclic amines) is 1. The van der Waals surface area contributed by atoms with Crippen LogP contribution in [0.25, 0.3) is 5.69 Å². The minimum atomic E-state index is 0.122. The third-order valence-corrected chi connectivity index (χ3v) is 6.46. The van der Waals surface area contributed by atoms with Crippen molar-refractivity contribution in [2.45, 2.75) is 65.6 Å². The van der Waals surface area contributed by atoms with E-state index in [-0.39, 0.29) is 5.41 Å². The number of hydrogen-bond acceptors (Lipinski definition) is 4. The summed E-state index contributed by atoms with van der Waals surface area (Å²) in [6.07, 6.45) is 3.80. The van der Waals surface area contributed by atoms with Gasteiger partial charge in [-0.25, -0.2) is 4.68 Å². The first kappa shape index (κ1) is 22.7. The lowest BCUT2D eigenvalue weighted by molar-refractivity contribution is 0.171. The summed E-state index contributed by atoms with van der Waals surface area (Å²) in [7, 11) is 0. The Labute approximate surface area is 196 Å². The van der Waals surface area contributed by atoms with E-state index in [9.17, 15) is 0 Å². The van der Waals surface area contributed by atoms with Gasteiger partial charge in [-0.05, 0) is 80.3 Å². The molecule has 1 aliphatic heterocycles. The van der Waals surface area contributed by atoms with Crippen LogP contribution in [0.3, 0.4) is 0 Å². The molecule has 0 saturated carbocycles. The number of rotatable bonds is 6. The lowest BCUT2D eigenvalue weighted by Gasteiger charge is -2.25. The van der Waals surface area contributed by atoms with Gasteiger partial charge in [-0.3, -0.25) is 9.47 Å². The Bertz CT molecular complexity index is 1080. The van der Waals surface area contributed by atoms with E-state index in [0.29, 0.717) is 11.4 Å². The molecule has 0 unspecified atom stereocenters. The van der Waals surface area contributed by atoms with Gasteiger partial charge in [-0.1, -0.05) is 57.0 Å². The molecular weight excluding hydrogens is 416 g/mol. The normalized spacial score (nSPS) is 15.1. The third kappa shape index (κ3) is 5.30. The zero-order chi connectivity index (χ0) is 22.7. The molecule has 1 aliphatic rings. The molecule has 0 aliphatic carbocycles. The van der Waals surface area contributed by atoms with Crippen molar-refractivity contribution in [3.05, 3.63) is 70.3 Å². The average molecular weight is 451 g/mol. The van der Waals surface area contributed by atoms with Gasteiger partial charge >= 0.3 is 0 Å². The van der Waals surface area contributed by atoms with Gasteiger partial charge in [0.05, 0.1) is 6.67 Å². The summed E-state index contributed by atoms with van der Waals surface area (Å²) in [5.41, 5.74) is 3.65. The first-order valence-corrected chi connectivity index (χ1v) is 11.9. The van der Waals surface area contributed by atoms with Crippen LogP contribution in [0.1, 0.15) is 57.0 Å². The third-order valence-electron chi connectivity index (χ3n) is 6.07. The van der Waals surface area contributed by atoms with E-state index in [1.807, 2.05) is 21.4 Å². The molecule has 0 N–H and O–H groups in total. The number of piperidine rings is 1. The topological polar surface area (TPSA) is 35.2 Å². The van der Waals surface area contributed by atoms with Gasteiger partial charge < -0.3 is 4.74 Å². The van der Waals surface area contributed by atoms with Crippen molar-refractivity contribution in [3.63, 3.8) is 0 Å².